The number of nitrogens with two attached hydrogens (primary N) is 2. The summed E-state index contributed by atoms with van der Waals surface area (Å²) in [6, 6.07) is 0. The molecule has 1 fully saturated rings. The average Bonchev–Trinajstić information content (AvgIpc) is 2.34. The summed E-state index contributed by atoms with van der Waals surface area (Å²) in [7, 11) is 0. The van der Waals surface area contributed by atoms with Gasteiger partial charge in [-0.25, -0.2) is 10.6 Å². The molecule has 0 unspecified atom stereocenters. The zero-order valence-corrected chi connectivity index (χ0v) is 11.8. The molecule has 0 atom stereocenters. The van der Waals surface area contributed by atoms with Crippen LogP contribution in [0.15, 0.2) is 5.10 Å². The van der Waals surface area contributed by atoms with Crippen molar-refractivity contribution in [1.82, 2.24) is 15.2 Å². The van der Waals surface area contributed by atoms with E-state index < -0.39 is 5.60 Å². The number of hydrogen-bond donors (Lipinski definition) is 3. The highest BCUT2D eigenvalue weighted by molar-refractivity contribution is 5.83. The Morgan fingerprint density at radius 1 is 1.32 bits per heavy atom. The topological polar surface area (TPSA) is 109 Å². The standard InChI is InChI=1S/C11H24N6O2/c1-11(2,3)19-10(18)17-6-4-16(5-7-17)8-9(14-12)15-13/h4-8,12-13H2,1-3H3,(H,14,15). The van der Waals surface area contributed by atoms with Gasteiger partial charge >= 0.3 is 6.09 Å². The predicted molar refractivity (Wildman–Crippen MR) is 73.2 cm³/mol. The quantitative estimate of drug-likeness (QED) is 0.265. The van der Waals surface area contributed by atoms with E-state index in [1.54, 1.807) is 4.90 Å². The van der Waals surface area contributed by atoms with Gasteiger partial charge in [0.2, 0.25) is 0 Å². The molecule has 1 aliphatic rings. The highest BCUT2D eigenvalue weighted by Crippen LogP contribution is 2.11. The Morgan fingerprint density at radius 2 is 1.89 bits per heavy atom. The fraction of sp³-hybridized carbons (Fsp3) is 0.818. The summed E-state index contributed by atoms with van der Waals surface area (Å²) < 4.78 is 5.33. The number of hydrazone groups is 1. The van der Waals surface area contributed by atoms with Gasteiger partial charge in [0.1, 0.15) is 11.4 Å². The smallest absolute Gasteiger partial charge is 0.410 e. The summed E-state index contributed by atoms with van der Waals surface area (Å²) in [5, 5.41) is 3.54. The molecule has 1 heterocycles. The van der Waals surface area contributed by atoms with Gasteiger partial charge in [-0.2, -0.15) is 5.10 Å². The molecule has 0 aromatic rings. The second kappa shape index (κ2) is 6.58. The molecule has 1 saturated heterocycles. The lowest BCUT2D eigenvalue weighted by atomic mass is 10.2. The predicted octanol–water partition coefficient (Wildman–Crippen LogP) is -0.725. The van der Waals surface area contributed by atoms with Gasteiger partial charge in [0.05, 0.1) is 6.54 Å². The fourth-order valence-corrected chi connectivity index (χ4v) is 1.75. The number of hydrogen-bond acceptors (Lipinski definition) is 6. The molecule has 5 N–H and O–H groups in total. The molecule has 1 rings (SSSR count). The molecule has 1 amide bonds. The normalized spacial score (nSPS) is 18.3. The maximum atomic E-state index is 11.9. The summed E-state index contributed by atoms with van der Waals surface area (Å²) in [6.07, 6.45) is -0.267. The molecule has 0 aromatic heterocycles. The zero-order valence-electron chi connectivity index (χ0n) is 11.8. The van der Waals surface area contributed by atoms with Crippen LogP contribution in [0.3, 0.4) is 0 Å². The summed E-state index contributed by atoms with van der Waals surface area (Å²) >= 11 is 0. The van der Waals surface area contributed by atoms with E-state index in [4.69, 9.17) is 16.4 Å². The number of piperazine rings is 1. The van der Waals surface area contributed by atoms with Crippen LogP contribution in [0.25, 0.3) is 0 Å². The van der Waals surface area contributed by atoms with E-state index in [1.807, 2.05) is 20.8 Å². The minimum absolute atomic E-state index is 0.267. The zero-order chi connectivity index (χ0) is 14.5. The monoisotopic (exact) mass is 272 g/mol. The van der Waals surface area contributed by atoms with Crippen LogP contribution in [0.2, 0.25) is 0 Å². The molecule has 19 heavy (non-hydrogen) atoms. The van der Waals surface area contributed by atoms with Gasteiger partial charge in [0, 0.05) is 26.2 Å². The number of nitrogens with zero attached hydrogens (tertiary/aromatic N) is 3. The first-order chi connectivity index (χ1) is 8.85. The highest BCUT2D eigenvalue weighted by Gasteiger charge is 2.26. The molecule has 0 aliphatic carbocycles. The van der Waals surface area contributed by atoms with Crippen molar-refractivity contribution in [1.29, 1.82) is 0 Å². The van der Waals surface area contributed by atoms with Crippen LogP contribution < -0.4 is 17.1 Å². The Kier molecular flexibility index (Phi) is 5.37. The minimum Gasteiger partial charge on any atom is -0.444 e. The molecular weight excluding hydrogens is 248 g/mol. The lowest BCUT2D eigenvalue weighted by molar-refractivity contribution is 0.0156. The Morgan fingerprint density at radius 3 is 2.32 bits per heavy atom. The Bertz CT molecular complexity index is 331. The molecule has 0 saturated carbocycles. The Balaban J connectivity index is 2.38. The van der Waals surface area contributed by atoms with E-state index in [2.05, 4.69) is 15.4 Å². The van der Waals surface area contributed by atoms with Crippen molar-refractivity contribution in [3.05, 3.63) is 0 Å². The van der Waals surface area contributed by atoms with Crippen LogP contribution in [-0.4, -0.2) is 60.1 Å². The maximum Gasteiger partial charge on any atom is 0.410 e. The average molecular weight is 272 g/mol. The van der Waals surface area contributed by atoms with Crippen molar-refractivity contribution in [2.75, 3.05) is 32.7 Å². The minimum atomic E-state index is -0.461. The molecule has 0 spiro atoms. The molecule has 1 aliphatic heterocycles. The lowest BCUT2D eigenvalue weighted by Crippen LogP contribution is -2.52. The van der Waals surface area contributed by atoms with Crippen LogP contribution in [-0.2, 0) is 4.74 Å². The van der Waals surface area contributed by atoms with Crippen LogP contribution in [0, 0.1) is 0 Å². The van der Waals surface area contributed by atoms with E-state index in [-0.39, 0.29) is 6.09 Å². The van der Waals surface area contributed by atoms with Gasteiger partial charge < -0.3 is 20.9 Å². The summed E-state index contributed by atoms with van der Waals surface area (Å²) in [6.45, 7) is 8.85. The van der Waals surface area contributed by atoms with Crippen LogP contribution in [0.4, 0.5) is 4.79 Å². The number of ether oxygens (including phenoxy) is 1. The first kappa shape index (κ1) is 15.5. The van der Waals surface area contributed by atoms with Crippen molar-refractivity contribution in [3.8, 4) is 0 Å². The molecule has 8 nitrogen and oxygen atoms in total. The van der Waals surface area contributed by atoms with E-state index >= 15 is 0 Å². The molecule has 8 heteroatoms. The first-order valence-electron chi connectivity index (χ1n) is 6.29. The number of amidine groups is 1. The molecular formula is C11H24N6O2. The Hall–Kier alpha value is -1.54. The number of nitrogens with one attached hydrogen (secondary N) is 1. The number of carbonyl (C=O) groups is 1. The number of rotatable bonds is 2. The summed E-state index contributed by atoms with van der Waals surface area (Å²) in [5.74, 6) is 11.0. The first-order valence-corrected chi connectivity index (χ1v) is 6.29. The second-order valence-electron chi connectivity index (χ2n) is 5.46. The molecule has 0 aromatic carbocycles. The van der Waals surface area contributed by atoms with Gasteiger partial charge in [-0.15, -0.1) is 0 Å². The summed E-state index contributed by atoms with van der Waals surface area (Å²) in [4.78, 5) is 15.7. The molecule has 0 bridgehead atoms. The van der Waals surface area contributed by atoms with E-state index in [0.717, 1.165) is 13.1 Å². The third kappa shape index (κ3) is 5.31. The number of carbonyl (C=O) groups excluding carboxylic acids is 1. The van der Waals surface area contributed by atoms with E-state index in [9.17, 15) is 4.79 Å². The van der Waals surface area contributed by atoms with E-state index in [0.29, 0.717) is 25.5 Å². The molecule has 110 valence electrons. The van der Waals surface area contributed by atoms with E-state index in [1.165, 1.54) is 0 Å². The van der Waals surface area contributed by atoms with Crippen LogP contribution in [0.1, 0.15) is 20.8 Å². The van der Waals surface area contributed by atoms with Crippen molar-refractivity contribution in [2.24, 2.45) is 16.8 Å². The SMILES string of the molecule is CC(C)(C)OC(=O)N1CCN(C/C(=N/N)NN)CC1. The number of hydrazine groups is 1. The maximum absolute atomic E-state index is 11.9. The van der Waals surface area contributed by atoms with Crippen molar-refractivity contribution in [2.45, 2.75) is 26.4 Å². The van der Waals surface area contributed by atoms with Crippen molar-refractivity contribution in [3.63, 3.8) is 0 Å². The fourth-order valence-electron chi connectivity index (χ4n) is 1.75. The van der Waals surface area contributed by atoms with Gasteiger partial charge in [-0.05, 0) is 20.8 Å². The number of amides is 1. The lowest BCUT2D eigenvalue weighted by Gasteiger charge is -2.35. The second-order valence-corrected chi connectivity index (χ2v) is 5.46. The summed E-state index contributed by atoms with van der Waals surface area (Å²) in [5.41, 5.74) is 1.98. The Labute approximate surface area is 113 Å². The van der Waals surface area contributed by atoms with Crippen molar-refractivity contribution >= 4 is 11.9 Å². The highest BCUT2D eigenvalue weighted by atomic mass is 16.6. The van der Waals surface area contributed by atoms with Gasteiger partial charge in [0.15, 0.2) is 0 Å². The van der Waals surface area contributed by atoms with Crippen LogP contribution in [0.5, 0.6) is 0 Å². The molecule has 0 radical (unpaired) electrons. The van der Waals surface area contributed by atoms with Crippen molar-refractivity contribution < 1.29 is 9.53 Å². The van der Waals surface area contributed by atoms with Gasteiger partial charge in [-0.1, -0.05) is 0 Å². The third-order valence-electron chi connectivity index (χ3n) is 2.72. The van der Waals surface area contributed by atoms with Crippen LogP contribution >= 0.6 is 0 Å². The third-order valence-corrected chi connectivity index (χ3v) is 2.72. The van der Waals surface area contributed by atoms with Gasteiger partial charge in [0.25, 0.3) is 0 Å². The van der Waals surface area contributed by atoms with Gasteiger partial charge in [-0.3, -0.25) is 4.90 Å². The largest absolute Gasteiger partial charge is 0.444 e.